The van der Waals surface area contributed by atoms with Crippen LogP contribution in [0.25, 0.3) is 10.8 Å². The molecule has 0 aliphatic carbocycles. The smallest absolute Gasteiger partial charge is 0.268 e. The van der Waals surface area contributed by atoms with Gasteiger partial charge in [0.1, 0.15) is 0 Å². The first-order valence-electron chi connectivity index (χ1n) is 8.13. The fraction of sp³-hybridized carbons (Fsp3) is 0.222. The second-order valence-corrected chi connectivity index (χ2v) is 6.93. The third-order valence-corrected chi connectivity index (χ3v) is 5.22. The van der Waals surface area contributed by atoms with Crippen molar-refractivity contribution in [3.05, 3.63) is 53.2 Å². The Bertz CT molecular complexity index is 951. The number of anilines is 1. The number of nitrogens with zero attached hydrogens (tertiary/aromatic N) is 3. The summed E-state index contributed by atoms with van der Waals surface area (Å²) in [5, 5.41) is 8.63. The minimum absolute atomic E-state index is 0.0802. The van der Waals surface area contributed by atoms with Crippen molar-refractivity contribution >= 4 is 28.8 Å². The van der Waals surface area contributed by atoms with E-state index in [9.17, 15) is 9.59 Å². The van der Waals surface area contributed by atoms with E-state index in [1.165, 1.54) is 11.3 Å². The highest BCUT2D eigenvalue weighted by atomic mass is 32.1. The van der Waals surface area contributed by atoms with Crippen LogP contribution in [0.1, 0.15) is 23.7 Å². The number of amides is 2. The highest BCUT2D eigenvalue weighted by molar-refractivity contribution is 7.13. The number of hydrogen-bond acceptors (Lipinski definition) is 6. The van der Waals surface area contributed by atoms with Gasteiger partial charge in [-0.25, -0.2) is 0 Å². The molecular weight excluding hydrogens is 352 g/mol. The molecular formula is C18H16N4O3S. The van der Waals surface area contributed by atoms with E-state index in [2.05, 4.69) is 15.5 Å². The van der Waals surface area contributed by atoms with Crippen LogP contribution in [-0.4, -0.2) is 29.0 Å². The number of rotatable bonds is 4. The number of fused-ring (bicyclic) bond motifs is 1. The highest BCUT2D eigenvalue weighted by Gasteiger charge is 2.33. The molecule has 2 aromatic heterocycles. The van der Waals surface area contributed by atoms with E-state index in [4.69, 9.17) is 4.52 Å². The lowest BCUT2D eigenvalue weighted by Gasteiger charge is -2.30. The van der Waals surface area contributed by atoms with Crippen molar-refractivity contribution in [2.75, 3.05) is 11.9 Å². The van der Waals surface area contributed by atoms with E-state index in [1.54, 1.807) is 11.9 Å². The number of carbonyl (C=O) groups is 2. The van der Waals surface area contributed by atoms with Gasteiger partial charge in [0, 0.05) is 19.2 Å². The van der Waals surface area contributed by atoms with Crippen LogP contribution >= 0.6 is 11.3 Å². The van der Waals surface area contributed by atoms with Gasteiger partial charge in [-0.2, -0.15) is 4.98 Å². The number of nitrogens with one attached hydrogen (secondary N) is 1. The zero-order valence-corrected chi connectivity index (χ0v) is 14.8. The first-order valence-corrected chi connectivity index (χ1v) is 9.01. The maximum Gasteiger partial charge on any atom is 0.268 e. The van der Waals surface area contributed by atoms with Gasteiger partial charge >= 0.3 is 0 Å². The molecule has 7 nitrogen and oxygen atoms in total. The first kappa shape index (κ1) is 16.5. The molecule has 0 bridgehead atoms. The number of aromatic nitrogens is 2. The molecule has 0 radical (unpaired) electrons. The van der Waals surface area contributed by atoms with Crippen LogP contribution in [0.15, 0.2) is 46.3 Å². The van der Waals surface area contributed by atoms with Crippen molar-refractivity contribution in [2.24, 2.45) is 0 Å². The fourth-order valence-electron chi connectivity index (χ4n) is 2.99. The lowest BCUT2D eigenvalue weighted by atomic mass is 9.89. The summed E-state index contributed by atoms with van der Waals surface area (Å²) in [4.78, 5) is 31.6. The van der Waals surface area contributed by atoms with Gasteiger partial charge in [-0.1, -0.05) is 29.4 Å². The summed E-state index contributed by atoms with van der Waals surface area (Å²) in [5.74, 6) is 0.0155. The van der Waals surface area contributed by atoms with Crippen LogP contribution in [0.3, 0.4) is 0 Å². The van der Waals surface area contributed by atoms with E-state index in [0.29, 0.717) is 11.7 Å². The molecule has 1 aliphatic heterocycles. The van der Waals surface area contributed by atoms with Crippen LogP contribution in [0, 0.1) is 0 Å². The Labute approximate surface area is 153 Å². The molecule has 132 valence electrons. The predicted octanol–water partition coefficient (Wildman–Crippen LogP) is 2.56. The van der Waals surface area contributed by atoms with Crippen molar-refractivity contribution in [3.63, 3.8) is 0 Å². The average Bonchev–Trinajstić information content (AvgIpc) is 3.34. The van der Waals surface area contributed by atoms with Crippen molar-refractivity contribution in [3.8, 4) is 10.8 Å². The van der Waals surface area contributed by atoms with Crippen LogP contribution < -0.4 is 10.2 Å². The fourth-order valence-corrected chi connectivity index (χ4v) is 3.64. The van der Waals surface area contributed by atoms with Crippen LogP contribution in [0.5, 0.6) is 0 Å². The first-order chi connectivity index (χ1) is 12.6. The summed E-state index contributed by atoms with van der Waals surface area (Å²) in [6.45, 7) is 0.149. The third-order valence-electron chi connectivity index (χ3n) is 4.36. The second kappa shape index (κ2) is 6.72. The highest BCUT2D eigenvalue weighted by Crippen LogP contribution is 2.35. The largest absolute Gasteiger partial charge is 0.348 e. The van der Waals surface area contributed by atoms with Crippen molar-refractivity contribution < 1.29 is 14.1 Å². The van der Waals surface area contributed by atoms with Gasteiger partial charge in [-0.15, -0.1) is 11.3 Å². The number of para-hydroxylation sites is 1. The molecule has 3 aromatic rings. The summed E-state index contributed by atoms with van der Waals surface area (Å²) in [6, 6.07) is 11.2. The average molecular weight is 368 g/mol. The number of carbonyl (C=O) groups excluding carboxylic acids is 2. The Kier molecular flexibility index (Phi) is 4.26. The van der Waals surface area contributed by atoms with Gasteiger partial charge in [-0.3, -0.25) is 9.59 Å². The standard InChI is InChI=1S/C18H16N4O3S/c1-22-13-6-3-2-5-11(13)12(9-16(22)23)17(24)19-10-15-20-18(25-21-15)14-7-4-8-26-14/h2-8,12H,9-10H2,1H3,(H,19,24). The summed E-state index contributed by atoms with van der Waals surface area (Å²) < 4.78 is 5.21. The maximum atomic E-state index is 12.7. The molecule has 1 unspecified atom stereocenters. The van der Waals surface area contributed by atoms with E-state index in [-0.39, 0.29) is 24.8 Å². The molecule has 1 N–H and O–H groups in total. The molecule has 26 heavy (non-hydrogen) atoms. The minimum atomic E-state index is -0.515. The van der Waals surface area contributed by atoms with Gasteiger partial charge < -0.3 is 14.7 Å². The van der Waals surface area contributed by atoms with Crippen molar-refractivity contribution in [2.45, 2.75) is 18.9 Å². The molecule has 1 aromatic carbocycles. The Balaban J connectivity index is 1.47. The Morgan fingerprint density at radius 3 is 3.00 bits per heavy atom. The van der Waals surface area contributed by atoms with Gasteiger partial charge in [0.15, 0.2) is 5.82 Å². The summed E-state index contributed by atoms with van der Waals surface area (Å²) in [6.07, 6.45) is 0.145. The zero-order chi connectivity index (χ0) is 18.1. The molecule has 8 heteroatoms. The lowest BCUT2D eigenvalue weighted by molar-refractivity contribution is -0.127. The maximum absolute atomic E-state index is 12.7. The SMILES string of the molecule is CN1C(=O)CC(C(=O)NCc2noc(-c3cccs3)n2)c2ccccc21. The van der Waals surface area contributed by atoms with E-state index in [1.807, 2.05) is 41.8 Å². The van der Waals surface area contributed by atoms with Gasteiger partial charge in [0.05, 0.1) is 17.3 Å². The van der Waals surface area contributed by atoms with Crippen LogP contribution in [0.4, 0.5) is 5.69 Å². The quantitative estimate of drug-likeness (QED) is 0.765. The monoisotopic (exact) mass is 368 g/mol. The topological polar surface area (TPSA) is 88.3 Å². The number of thiophene rings is 1. The summed E-state index contributed by atoms with van der Waals surface area (Å²) >= 11 is 1.50. The molecule has 1 aliphatic rings. The van der Waals surface area contributed by atoms with Crippen molar-refractivity contribution in [1.29, 1.82) is 0 Å². The number of benzene rings is 1. The summed E-state index contributed by atoms with van der Waals surface area (Å²) in [5.41, 5.74) is 1.61. The van der Waals surface area contributed by atoms with Crippen LogP contribution in [0.2, 0.25) is 0 Å². The zero-order valence-electron chi connectivity index (χ0n) is 14.0. The predicted molar refractivity (Wildman–Crippen MR) is 96.7 cm³/mol. The second-order valence-electron chi connectivity index (χ2n) is 5.98. The summed E-state index contributed by atoms with van der Waals surface area (Å²) in [7, 11) is 1.72. The van der Waals surface area contributed by atoms with Crippen LogP contribution in [-0.2, 0) is 16.1 Å². The third kappa shape index (κ3) is 2.99. The molecule has 2 amide bonds. The molecule has 3 heterocycles. The van der Waals surface area contributed by atoms with Crippen molar-refractivity contribution in [1.82, 2.24) is 15.5 Å². The number of hydrogen-bond donors (Lipinski definition) is 1. The Hall–Kier alpha value is -3.00. The molecule has 0 spiro atoms. The van der Waals surface area contributed by atoms with E-state index >= 15 is 0 Å². The molecule has 0 fully saturated rings. The minimum Gasteiger partial charge on any atom is -0.348 e. The lowest BCUT2D eigenvalue weighted by Crippen LogP contribution is -2.39. The Morgan fingerprint density at radius 1 is 1.35 bits per heavy atom. The van der Waals surface area contributed by atoms with Gasteiger partial charge in [-0.05, 0) is 23.1 Å². The molecule has 1 atom stereocenters. The molecule has 0 saturated carbocycles. The van der Waals surface area contributed by atoms with E-state index in [0.717, 1.165) is 16.1 Å². The van der Waals surface area contributed by atoms with E-state index < -0.39 is 5.92 Å². The van der Waals surface area contributed by atoms with Gasteiger partial charge in [0.25, 0.3) is 5.89 Å². The Morgan fingerprint density at radius 2 is 2.19 bits per heavy atom. The molecule has 4 rings (SSSR count). The molecule has 0 saturated heterocycles. The van der Waals surface area contributed by atoms with Gasteiger partial charge in [0.2, 0.25) is 11.8 Å². The normalized spacial score (nSPS) is 16.4.